The van der Waals surface area contributed by atoms with Crippen LogP contribution in [-0.2, 0) is 18.4 Å². The predicted octanol–water partition coefficient (Wildman–Crippen LogP) is 1.89. The van der Waals surface area contributed by atoms with Crippen molar-refractivity contribution in [3.63, 3.8) is 0 Å². The molecule has 0 aromatic carbocycles. The molecule has 1 unspecified atom stereocenters. The van der Waals surface area contributed by atoms with E-state index in [1.54, 1.807) is 4.68 Å². The van der Waals surface area contributed by atoms with Gasteiger partial charge in [0.25, 0.3) is 0 Å². The molecule has 0 fully saturated rings. The second kappa shape index (κ2) is 5.52. The summed E-state index contributed by atoms with van der Waals surface area (Å²) in [4.78, 5) is 11.9. The Morgan fingerprint density at radius 3 is 2.67 bits per heavy atom. The number of nitrogens with two attached hydrogens (primary N) is 1. The van der Waals surface area contributed by atoms with Crippen LogP contribution in [0.1, 0.15) is 39.7 Å². The Kier molecular flexibility index (Phi) is 4.51. The molecule has 1 aromatic rings. The third-order valence-corrected chi connectivity index (χ3v) is 3.35. The summed E-state index contributed by atoms with van der Waals surface area (Å²) >= 11 is 0. The standard InChI is InChI=1S/C13H24N4O/c1-9(13(2,3)4)6-11(18)15-12-10(7-14)8-17(5)16-12/h8-9H,6-7,14H2,1-5H3,(H,15,16,18). The maximum Gasteiger partial charge on any atom is 0.225 e. The zero-order chi connectivity index (χ0) is 13.9. The first-order valence-corrected chi connectivity index (χ1v) is 6.26. The van der Waals surface area contributed by atoms with Gasteiger partial charge < -0.3 is 11.1 Å². The highest BCUT2D eigenvalue weighted by atomic mass is 16.1. The molecule has 0 radical (unpaired) electrons. The average Bonchev–Trinajstić information content (AvgIpc) is 2.56. The normalized spacial score (nSPS) is 13.4. The molecule has 18 heavy (non-hydrogen) atoms. The zero-order valence-corrected chi connectivity index (χ0v) is 11.9. The minimum Gasteiger partial charge on any atom is -0.326 e. The molecular weight excluding hydrogens is 228 g/mol. The van der Waals surface area contributed by atoms with Crippen molar-refractivity contribution in [1.82, 2.24) is 9.78 Å². The van der Waals surface area contributed by atoms with Gasteiger partial charge in [0.15, 0.2) is 5.82 Å². The summed E-state index contributed by atoms with van der Waals surface area (Å²) in [5.74, 6) is 0.875. The second-order valence-corrected chi connectivity index (χ2v) is 5.90. The molecule has 3 N–H and O–H groups in total. The second-order valence-electron chi connectivity index (χ2n) is 5.90. The highest BCUT2D eigenvalue weighted by Crippen LogP contribution is 2.28. The number of aryl methyl sites for hydroxylation is 1. The van der Waals surface area contributed by atoms with Crippen molar-refractivity contribution in [2.45, 2.75) is 40.7 Å². The van der Waals surface area contributed by atoms with E-state index in [1.807, 2.05) is 13.2 Å². The van der Waals surface area contributed by atoms with Gasteiger partial charge in [0.2, 0.25) is 5.91 Å². The van der Waals surface area contributed by atoms with Crippen LogP contribution in [0.15, 0.2) is 6.20 Å². The van der Waals surface area contributed by atoms with E-state index in [0.717, 1.165) is 5.56 Å². The van der Waals surface area contributed by atoms with Gasteiger partial charge in [-0.05, 0) is 11.3 Å². The van der Waals surface area contributed by atoms with Crippen LogP contribution >= 0.6 is 0 Å². The molecule has 5 heteroatoms. The maximum atomic E-state index is 11.9. The number of hydrogen-bond donors (Lipinski definition) is 2. The highest BCUT2D eigenvalue weighted by molar-refractivity contribution is 5.90. The minimum absolute atomic E-state index is 0.00850. The molecule has 1 rings (SSSR count). The van der Waals surface area contributed by atoms with Gasteiger partial charge in [-0.25, -0.2) is 0 Å². The predicted molar refractivity (Wildman–Crippen MR) is 73.0 cm³/mol. The van der Waals surface area contributed by atoms with E-state index >= 15 is 0 Å². The van der Waals surface area contributed by atoms with Gasteiger partial charge >= 0.3 is 0 Å². The molecule has 1 amide bonds. The molecule has 0 bridgehead atoms. The van der Waals surface area contributed by atoms with Crippen LogP contribution in [0.25, 0.3) is 0 Å². The molecule has 0 saturated heterocycles. The van der Waals surface area contributed by atoms with Gasteiger partial charge in [-0.15, -0.1) is 0 Å². The van der Waals surface area contributed by atoms with Gasteiger partial charge in [-0.2, -0.15) is 5.10 Å². The maximum absolute atomic E-state index is 11.9. The SMILES string of the molecule is CC(CC(=O)Nc1nn(C)cc1CN)C(C)(C)C. The lowest BCUT2D eigenvalue weighted by atomic mass is 9.80. The summed E-state index contributed by atoms with van der Waals surface area (Å²) in [7, 11) is 1.81. The topological polar surface area (TPSA) is 72.9 Å². The van der Waals surface area contributed by atoms with Crippen LogP contribution in [0.4, 0.5) is 5.82 Å². The monoisotopic (exact) mass is 252 g/mol. The number of carbonyl (C=O) groups is 1. The third kappa shape index (κ3) is 3.84. The van der Waals surface area contributed by atoms with E-state index in [0.29, 0.717) is 24.7 Å². The fourth-order valence-electron chi connectivity index (χ4n) is 1.56. The van der Waals surface area contributed by atoms with Crippen molar-refractivity contribution >= 4 is 11.7 Å². The van der Waals surface area contributed by atoms with Gasteiger partial charge in [-0.1, -0.05) is 27.7 Å². The van der Waals surface area contributed by atoms with E-state index in [9.17, 15) is 4.79 Å². The minimum atomic E-state index is -0.00850. The zero-order valence-electron chi connectivity index (χ0n) is 11.9. The van der Waals surface area contributed by atoms with Gasteiger partial charge in [-0.3, -0.25) is 9.48 Å². The summed E-state index contributed by atoms with van der Waals surface area (Å²) in [6.07, 6.45) is 2.31. The van der Waals surface area contributed by atoms with Crippen LogP contribution in [-0.4, -0.2) is 15.7 Å². The quantitative estimate of drug-likeness (QED) is 0.859. The summed E-state index contributed by atoms with van der Waals surface area (Å²) in [5, 5.41) is 7.03. The first kappa shape index (κ1) is 14.7. The van der Waals surface area contributed by atoms with E-state index in [4.69, 9.17) is 5.73 Å². The largest absolute Gasteiger partial charge is 0.326 e. The van der Waals surface area contributed by atoms with Crippen LogP contribution in [0.5, 0.6) is 0 Å². The Hall–Kier alpha value is -1.36. The number of aromatic nitrogens is 2. The Morgan fingerprint density at radius 1 is 1.56 bits per heavy atom. The van der Waals surface area contributed by atoms with Gasteiger partial charge in [0.1, 0.15) is 0 Å². The number of anilines is 1. The molecule has 0 aliphatic carbocycles. The smallest absolute Gasteiger partial charge is 0.225 e. The molecule has 1 atom stereocenters. The molecule has 0 spiro atoms. The van der Waals surface area contributed by atoms with Crippen LogP contribution in [0.2, 0.25) is 0 Å². The summed E-state index contributed by atoms with van der Waals surface area (Å²) < 4.78 is 1.66. The number of amides is 1. The Morgan fingerprint density at radius 2 is 2.17 bits per heavy atom. The Labute approximate surface area is 109 Å². The number of nitrogens with zero attached hydrogens (tertiary/aromatic N) is 2. The first-order valence-electron chi connectivity index (χ1n) is 6.26. The number of nitrogens with one attached hydrogen (secondary N) is 1. The van der Waals surface area contributed by atoms with Crippen molar-refractivity contribution < 1.29 is 4.79 Å². The van der Waals surface area contributed by atoms with Crippen molar-refractivity contribution in [2.24, 2.45) is 24.1 Å². The molecular formula is C13H24N4O. The summed E-state index contributed by atoms with van der Waals surface area (Å²) in [6.45, 7) is 8.87. The summed E-state index contributed by atoms with van der Waals surface area (Å²) in [6, 6.07) is 0. The molecule has 1 heterocycles. The molecule has 0 aliphatic rings. The van der Waals surface area contributed by atoms with Gasteiger partial charge in [0.05, 0.1) is 0 Å². The number of hydrogen-bond acceptors (Lipinski definition) is 3. The summed E-state index contributed by atoms with van der Waals surface area (Å²) in [5.41, 5.74) is 6.58. The van der Waals surface area contributed by atoms with Gasteiger partial charge in [0, 0.05) is 31.8 Å². The first-order chi connectivity index (χ1) is 8.24. The van der Waals surface area contributed by atoms with Crippen molar-refractivity contribution in [3.8, 4) is 0 Å². The highest BCUT2D eigenvalue weighted by Gasteiger charge is 2.23. The molecule has 1 aromatic heterocycles. The van der Waals surface area contributed by atoms with E-state index in [1.165, 1.54) is 0 Å². The van der Waals surface area contributed by atoms with E-state index in [-0.39, 0.29) is 11.3 Å². The molecule has 102 valence electrons. The van der Waals surface area contributed by atoms with Crippen LogP contribution in [0, 0.1) is 11.3 Å². The third-order valence-electron chi connectivity index (χ3n) is 3.35. The van der Waals surface area contributed by atoms with E-state index < -0.39 is 0 Å². The average molecular weight is 252 g/mol. The van der Waals surface area contributed by atoms with Crippen molar-refractivity contribution in [3.05, 3.63) is 11.8 Å². The van der Waals surface area contributed by atoms with Crippen LogP contribution < -0.4 is 11.1 Å². The van der Waals surface area contributed by atoms with Crippen molar-refractivity contribution in [2.75, 3.05) is 5.32 Å². The lowest BCUT2D eigenvalue weighted by molar-refractivity contribution is -0.117. The fraction of sp³-hybridized carbons (Fsp3) is 0.692. The number of carbonyl (C=O) groups excluding carboxylic acids is 1. The molecule has 5 nitrogen and oxygen atoms in total. The molecule has 0 saturated carbocycles. The Bertz CT molecular complexity index is 417. The van der Waals surface area contributed by atoms with Crippen molar-refractivity contribution in [1.29, 1.82) is 0 Å². The fourth-order valence-corrected chi connectivity index (χ4v) is 1.56. The van der Waals surface area contributed by atoms with Crippen LogP contribution in [0.3, 0.4) is 0 Å². The lowest BCUT2D eigenvalue weighted by Crippen LogP contribution is -2.24. The Balaban J connectivity index is 2.65. The molecule has 0 aliphatic heterocycles. The number of rotatable bonds is 4. The van der Waals surface area contributed by atoms with E-state index in [2.05, 4.69) is 38.1 Å². The lowest BCUT2D eigenvalue weighted by Gasteiger charge is -2.26.